The zero-order valence-electron chi connectivity index (χ0n) is 30.9. The Kier molecular flexibility index (Phi) is 10.1. The van der Waals surface area contributed by atoms with E-state index in [2.05, 4.69) is 0 Å². The van der Waals surface area contributed by atoms with Crippen molar-refractivity contribution in [2.75, 3.05) is 0 Å². The number of rotatable bonds is 5. The van der Waals surface area contributed by atoms with Gasteiger partial charge in [0.05, 0.1) is 17.6 Å². The van der Waals surface area contributed by atoms with Crippen LogP contribution in [0.15, 0.2) is 75.1 Å². The zero-order valence-corrected chi connectivity index (χ0v) is 30.9. The molecule has 0 saturated carbocycles. The molecule has 0 aliphatic heterocycles. The number of hydrogen-bond donors (Lipinski definition) is 1. The Hall–Kier alpha value is -5.03. The molecule has 0 atom stereocenters. The van der Waals surface area contributed by atoms with Crippen LogP contribution in [-0.2, 0) is 6.54 Å². The van der Waals surface area contributed by atoms with Crippen LogP contribution in [0.1, 0.15) is 16.7 Å². The van der Waals surface area contributed by atoms with Crippen LogP contribution in [0.25, 0.3) is 49.4 Å². The molecule has 0 fully saturated rings. The maximum Gasteiger partial charge on any atom is 0.157 e. The molecule has 28 radical (unpaired) electrons. The molecule has 0 unspecified atom stereocenters. The molecule has 6 aromatic carbocycles. The van der Waals surface area contributed by atoms with Gasteiger partial charge in [0.2, 0.25) is 0 Å². The molecule has 8 aromatic rings. The van der Waals surface area contributed by atoms with Crippen molar-refractivity contribution in [1.29, 1.82) is 0 Å². The van der Waals surface area contributed by atoms with Gasteiger partial charge in [0.1, 0.15) is 127 Å². The molecule has 0 aliphatic rings. The van der Waals surface area contributed by atoms with E-state index in [0.29, 0.717) is 22.1 Å². The van der Waals surface area contributed by atoms with Crippen LogP contribution in [0.2, 0.25) is 0 Å². The maximum absolute atomic E-state index is 6.98. The molecule has 0 aliphatic carbocycles. The normalized spacial score (nSPS) is 12.4. The SMILES string of the molecule is [B]c1c([B])c(CN=C(N=C(N)c2ccccc2)c2ccccc2)c2c(oc3c([B])c([B])c([B])c(-n4c5c([B])c([B])c([B])c([B])c5c5c([B])c([B])c([B])c([B])c54)c32)c1[B]. The molecule has 2 heterocycles. The summed E-state index contributed by atoms with van der Waals surface area (Å²) in [6.07, 6.45) is 0. The smallest absolute Gasteiger partial charge is 0.157 e. The van der Waals surface area contributed by atoms with Gasteiger partial charge in [-0.1, -0.05) is 104 Å². The highest BCUT2D eigenvalue weighted by Gasteiger charge is 2.28. The van der Waals surface area contributed by atoms with Crippen molar-refractivity contribution in [3.8, 4) is 5.69 Å². The summed E-state index contributed by atoms with van der Waals surface area (Å²) in [7, 11) is 93.0. The Bertz CT molecular complexity index is 3060. The third-order valence-electron chi connectivity index (χ3n) is 10.6. The summed E-state index contributed by atoms with van der Waals surface area (Å²) < 4.78 is 8.04. The van der Waals surface area contributed by atoms with Gasteiger partial charge in [-0.2, -0.15) is 0 Å². The zero-order chi connectivity index (χ0) is 41.6. The summed E-state index contributed by atoms with van der Waals surface area (Å²) in [5.41, 5.74) is 8.97. The lowest BCUT2D eigenvalue weighted by molar-refractivity contribution is 0.674. The number of aromatic nitrogens is 1. The quantitative estimate of drug-likeness (QED) is 0.110. The largest absolute Gasteiger partial charge is 0.457 e. The van der Waals surface area contributed by atoms with Gasteiger partial charge in [-0.05, 0) is 16.3 Å². The summed E-state index contributed by atoms with van der Waals surface area (Å²) >= 11 is 0. The second-order valence-electron chi connectivity index (χ2n) is 13.8. The van der Waals surface area contributed by atoms with Crippen molar-refractivity contribution in [3.05, 3.63) is 77.4 Å². The molecule has 0 bridgehead atoms. The van der Waals surface area contributed by atoms with Crippen molar-refractivity contribution in [1.82, 2.24) is 4.57 Å². The standard InChI is InChI=1S/C39H14B14N4O/c40-19-14(11-55-39(13-9-5-2-6-10-13)56-38(54)12-7-3-1-4-8-12)15-18-35(30(51)27(48)32(53)37(18)58-36(15)31(52)22(19)43)57-33-16(20(41)23(44)25(46)28(33)49)17-21(42)24(45)26(47)29(50)34(17)57/h1-10H,11H2,(H2,54,55,56). The average molecular weight is 706 g/mol. The van der Waals surface area contributed by atoms with Crippen molar-refractivity contribution in [2.45, 2.75) is 6.54 Å². The predicted molar refractivity (Wildman–Crippen MR) is 257 cm³/mol. The summed E-state index contributed by atoms with van der Waals surface area (Å²) in [5.74, 6) is 0.515. The molecular weight excluding hydrogens is 692 g/mol. The lowest BCUT2D eigenvalue weighted by atomic mass is 9.63. The second kappa shape index (κ2) is 14.7. The Labute approximate surface area is 354 Å². The fourth-order valence-corrected chi connectivity index (χ4v) is 7.47. The molecule has 0 saturated heterocycles. The van der Waals surface area contributed by atoms with Crippen LogP contribution in [0.4, 0.5) is 0 Å². The molecule has 0 amide bonds. The van der Waals surface area contributed by atoms with E-state index in [-0.39, 0.29) is 139 Å². The van der Waals surface area contributed by atoms with Gasteiger partial charge < -0.3 is 14.7 Å². The Morgan fingerprint density at radius 3 is 1.41 bits per heavy atom. The highest BCUT2D eigenvalue weighted by Crippen LogP contribution is 2.35. The topological polar surface area (TPSA) is 68.8 Å². The van der Waals surface area contributed by atoms with E-state index < -0.39 is 0 Å². The van der Waals surface area contributed by atoms with Crippen molar-refractivity contribution in [2.24, 2.45) is 15.7 Å². The van der Waals surface area contributed by atoms with E-state index >= 15 is 0 Å². The third-order valence-corrected chi connectivity index (χ3v) is 10.6. The number of fused-ring (bicyclic) bond motifs is 6. The van der Waals surface area contributed by atoms with Crippen LogP contribution < -0.4 is 82.2 Å². The average Bonchev–Trinajstić information content (AvgIpc) is 3.80. The lowest BCUT2D eigenvalue weighted by Crippen LogP contribution is -2.49. The van der Waals surface area contributed by atoms with Crippen molar-refractivity contribution in [3.63, 3.8) is 0 Å². The van der Waals surface area contributed by atoms with Gasteiger partial charge in [-0.25, -0.2) is 4.99 Å². The minimum atomic E-state index is -0.134. The summed E-state index contributed by atoms with van der Waals surface area (Å²) in [5, 5.41) is 1.11. The molecule has 19 heteroatoms. The molecule has 0 spiro atoms. The fourth-order valence-electron chi connectivity index (χ4n) is 7.47. The number of furan rings is 1. The fraction of sp³-hybridized carbons (Fsp3) is 0.0256. The van der Waals surface area contributed by atoms with E-state index in [4.69, 9.17) is 130 Å². The molecule has 8 rings (SSSR count). The number of amidine groups is 2. The third kappa shape index (κ3) is 5.81. The first-order valence-corrected chi connectivity index (χ1v) is 17.6. The monoisotopic (exact) mass is 708 g/mol. The van der Waals surface area contributed by atoms with E-state index in [9.17, 15) is 0 Å². The number of aliphatic imine (C=N–C) groups is 2. The molecule has 5 nitrogen and oxygen atoms in total. The van der Waals surface area contributed by atoms with Crippen molar-refractivity contribution >= 4 is 242 Å². The second-order valence-corrected chi connectivity index (χ2v) is 13.8. The molecule has 2 aromatic heterocycles. The summed E-state index contributed by atoms with van der Waals surface area (Å²) in [4.78, 5) is 9.68. The highest BCUT2D eigenvalue weighted by atomic mass is 16.3. The van der Waals surface area contributed by atoms with Gasteiger partial charge in [-0.3, -0.25) is 4.99 Å². The van der Waals surface area contributed by atoms with Gasteiger partial charge in [0, 0.05) is 27.5 Å². The van der Waals surface area contributed by atoms with Gasteiger partial charge in [0.25, 0.3) is 0 Å². The maximum atomic E-state index is 6.98. The molecule has 2 N–H and O–H groups in total. The van der Waals surface area contributed by atoms with Gasteiger partial charge in [-0.15, -0.1) is 32.8 Å². The van der Waals surface area contributed by atoms with Crippen LogP contribution in [0, 0.1) is 0 Å². The van der Waals surface area contributed by atoms with Crippen molar-refractivity contribution < 1.29 is 4.42 Å². The summed E-state index contributed by atoms with van der Waals surface area (Å²) in [6, 6.07) is 18.5. The van der Waals surface area contributed by atoms with E-state index in [1.165, 1.54) is 0 Å². The van der Waals surface area contributed by atoms with Crippen LogP contribution in [0.5, 0.6) is 0 Å². The molecule has 238 valence electrons. The Morgan fingerprint density at radius 1 is 0.466 bits per heavy atom. The molecule has 58 heavy (non-hydrogen) atoms. The van der Waals surface area contributed by atoms with Crippen LogP contribution in [-0.4, -0.2) is 126 Å². The summed E-state index contributed by atoms with van der Waals surface area (Å²) in [6.45, 7) is -0.134. The first-order chi connectivity index (χ1) is 27.6. The minimum absolute atomic E-state index is 0.000875. The van der Waals surface area contributed by atoms with Gasteiger partial charge >= 0.3 is 0 Å². The van der Waals surface area contributed by atoms with Gasteiger partial charge in [0.15, 0.2) is 5.84 Å². The van der Waals surface area contributed by atoms with Crippen LogP contribution in [0.3, 0.4) is 0 Å². The van der Waals surface area contributed by atoms with E-state index in [0.717, 1.165) is 0 Å². The van der Waals surface area contributed by atoms with E-state index in [1.54, 1.807) is 4.57 Å². The van der Waals surface area contributed by atoms with Crippen LogP contribution >= 0.6 is 0 Å². The minimum Gasteiger partial charge on any atom is -0.457 e. The number of benzene rings is 6. The molecular formula is C39H14B14N4O. The lowest BCUT2D eigenvalue weighted by Gasteiger charge is -2.22. The first-order valence-electron chi connectivity index (χ1n) is 17.6. The number of nitrogens with zero attached hydrogens (tertiary/aromatic N) is 3. The number of nitrogens with two attached hydrogens (primary N) is 1. The first kappa shape index (κ1) is 39.8. The van der Waals surface area contributed by atoms with E-state index in [1.807, 2.05) is 60.7 Å². The number of hydrogen-bond acceptors (Lipinski definition) is 2. The highest BCUT2D eigenvalue weighted by molar-refractivity contribution is 6.72. The predicted octanol–water partition coefficient (Wildman–Crippen LogP) is -7.85. The Morgan fingerprint density at radius 2 is 0.897 bits per heavy atom. The Balaban J connectivity index is 1.55.